The molecule has 2 rings (SSSR count). The lowest BCUT2D eigenvalue weighted by Crippen LogP contribution is -1.97. The van der Waals surface area contributed by atoms with Gasteiger partial charge in [0.2, 0.25) is 0 Å². The second kappa shape index (κ2) is 3.70. The summed E-state index contributed by atoms with van der Waals surface area (Å²) < 4.78 is 0. The lowest BCUT2D eigenvalue weighted by Gasteiger charge is -1.99. The summed E-state index contributed by atoms with van der Waals surface area (Å²) in [6.07, 6.45) is 3.33. The quantitative estimate of drug-likeness (QED) is 0.750. The summed E-state index contributed by atoms with van der Waals surface area (Å²) in [6, 6.07) is 8.09. The maximum Gasteiger partial charge on any atom is 0.0856 e. The lowest BCUT2D eigenvalue weighted by atomic mass is 10.2. The van der Waals surface area contributed by atoms with Gasteiger partial charge in [-0.1, -0.05) is 28.1 Å². The highest BCUT2D eigenvalue weighted by atomic mass is 79.9. The average molecular weight is 238 g/mol. The van der Waals surface area contributed by atoms with Crippen LogP contribution in [-0.2, 0) is 5.33 Å². The van der Waals surface area contributed by atoms with Crippen LogP contribution in [0.2, 0.25) is 0 Å². The van der Waals surface area contributed by atoms with Crippen molar-refractivity contribution in [1.29, 1.82) is 0 Å². The molecule has 0 saturated heterocycles. The Bertz CT molecular complexity index is 366. The van der Waals surface area contributed by atoms with Gasteiger partial charge in [0.15, 0.2) is 0 Å². The number of alkyl halides is 1. The van der Waals surface area contributed by atoms with Gasteiger partial charge in [-0.3, -0.25) is 0 Å². The molecule has 66 valence electrons. The molecule has 0 bridgehead atoms. The van der Waals surface area contributed by atoms with E-state index < -0.39 is 0 Å². The van der Waals surface area contributed by atoms with Crippen molar-refractivity contribution in [2.24, 2.45) is 0 Å². The molecule has 0 unspecified atom stereocenters. The molecular weight excluding hydrogens is 230 g/mol. The minimum Gasteiger partial charge on any atom is -0.157 e. The van der Waals surface area contributed by atoms with Gasteiger partial charge in [0.05, 0.1) is 18.1 Å². The molecule has 0 aliphatic rings. The van der Waals surface area contributed by atoms with Crippen molar-refractivity contribution in [1.82, 2.24) is 15.0 Å². The Hall–Kier alpha value is -1.16. The number of hydrogen-bond acceptors (Lipinski definition) is 2. The van der Waals surface area contributed by atoms with Crippen molar-refractivity contribution in [2.75, 3.05) is 0 Å². The van der Waals surface area contributed by atoms with Crippen LogP contribution in [0, 0.1) is 0 Å². The Morgan fingerprint density at radius 1 is 1.08 bits per heavy atom. The average Bonchev–Trinajstić information content (AvgIpc) is 2.71. The molecule has 0 atom stereocenters. The van der Waals surface area contributed by atoms with Gasteiger partial charge in [-0.15, -0.1) is 0 Å². The van der Waals surface area contributed by atoms with Gasteiger partial charge in [0.25, 0.3) is 0 Å². The Labute approximate surface area is 84.5 Å². The predicted molar refractivity (Wildman–Crippen MR) is 54.0 cm³/mol. The fraction of sp³-hybridized carbons (Fsp3) is 0.111. The van der Waals surface area contributed by atoms with Crippen LogP contribution in [-0.4, -0.2) is 15.0 Å². The zero-order chi connectivity index (χ0) is 9.10. The molecule has 2 aromatic rings. The molecule has 0 spiro atoms. The van der Waals surface area contributed by atoms with Gasteiger partial charge >= 0.3 is 0 Å². The number of benzene rings is 1. The largest absolute Gasteiger partial charge is 0.157 e. The fourth-order valence-corrected chi connectivity index (χ4v) is 1.44. The summed E-state index contributed by atoms with van der Waals surface area (Å²) in [6.45, 7) is 0. The van der Waals surface area contributed by atoms with Crippen molar-refractivity contribution in [2.45, 2.75) is 5.33 Å². The topological polar surface area (TPSA) is 30.7 Å². The first kappa shape index (κ1) is 8.44. The molecule has 0 amide bonds. The van der Waals surface area contributed by atoms with Gasteiger partial charge in [-0.05, 0) is 17.7 Å². The van der Waals surface area contributed by atoms with E-state index in [0.29, 0.717) is 0 Å². The van der Waals surface area contributed by atoms with E-state index in [1.165, 1.54) is 5.56 Å². The maximum atomic E-state index is 4.04. The second-order valence-electron chi connectivity index (χ2n) is 2.62. The molecular formula is C9H8BrN3. The molecule has 1 heterocycles. The van der Waals surface area contributed by atoms with Gasteiger partial charge in [0.1, 0.15) is 0 Å². The van der Waals surface area contributed by atoms with Crippen molar-refractivity contribution < 1.29 is 0 Å². The van der Waals surface area contributed by atoms with Gasteiger partial charge in [0, 0.05) is 5.33 Å². The van der Waals surface area contributed by atoms with E-state index in [-0.39, 0.29) is 0 Å². The monoisotopic (exact) mass is 237 g/mol. The van der Waals surface area contributed by atoms with Crippen LogP contribution in [0.15, 0.2) is 36.7 Å². The molecule has 0 aliphatic carbocycles. The van der Waals surface area contributed by atoms with E-state index in [0.717, 1.165) is 11.0 Å². The summed E-state index contributed by atoms with van der Waals surface area (Å²) in [4.78, 5) is 1.60. The minimum atomic E-state index is 0.875. The SMILES string of the molecule is BrCc1ccc(-n2nccn2)cc1. The van der Waals surface area contributed by atoms with Crippen molar-refractivity contribution >= 4 is 15.9 Å². The molecule has 1 aromatic carbocycles. The number of aromatic nitrogens is 3. The predicted octanol–water partition coefficient (Wildman–Crippen LogP) is 2.16. The Morgan fingerprint density at radius 3 is 2.23 bits per heavy atom. The third-order valence-corrected chi connectivity index (χ3v) is 2.39. The standard InChI is InChI=1S/C9H8BrN3/c10-7-8-1-3-9(4-2-8)13-11-5-6-12-13/h1-6H,7H2. The van der Waals surface area contributed by atoms with E-state index in [9.17, 15) is 0 Å². The van der Waals surface area contributed by atoms with Crippen LogP contribution in [0.25, 0.3) is 5.69 Å². The molecule has 0 radical (unpaired) electrons. The highest BCUT2D eigenvalue weighted by Crippen LogP contribution is 2.09. The van der Waals surface area contributed by atoms with E-state index >= 15 is 0 Å². The zero-order valence-electron chi connectivity index (χ0n) is 6.89. The number of rotatable bonds is 2. The molecule has 3 nitrogen and oxygen atoms in total. The summed E-state index contributed by atoms with van der Waals surface area (Å²) in [5, 5.41) is 8.95. The van der Waals surface area contributed by atoms with Crippen molar-refractivity contribution in [3.8, 4) is 5.69 Å². The third-order valence-electron chi connectivity index (χ3n) is 1.74. The van der Waals surface area contributed by atoms with Gasteiger partial charge in [-0.2, -0.15) is 15.0 Å². The second-order valence-corrected chi connectivity index (χ2v) is 3.18. The summed E-state index contributed by atoms with van der Waals surface area (Å²) in [7, 11) is 0. The highest BCUT2D eigenvalue weighted by Gasteiger charge is 1.96. The maximum absolute atomic E-state index is 4.04. The summed E-state index contributed by atoms with van der Waals surface area (Å²) in [5.41, 5.74) is 2.23. The lowest BCUT2D eigenvalue weighted by molar-refractivity contribution is 0.752. The molecule has 0 saturated carbocycles. The minimum absolute atomic E-state index is 0.875. The Balaban J connectivity index is 2.33. The fourth-order valence-electron chi connectivity index (χ4n) is 1.07. The Morgan fingerprint density at radius 2 is 1.69 bits per heavy atom. The van der Waals surface area contributed by atoms with Crippen LogP contribution >= 0.6 is 15.9 Å². The summed E-state index contributed by atoms with van der Waals surface area (Å²) >= 11 is 3.39. The molecule has 4 heteroatoms. The molecule has 13 heavy (non-hydrogen) atoms. The molecule has 0 aliphatic heterocycles. The normalized spacial score (nSPS) is 10.2. The third kappa shape index (κ3) is 1.78. The van der Waals surface area contributed by atoms with Crippen molar-refractivity contribution in [3.63, 3.8) is 0 Å². The van der Waals surface area contributed by atoms with Crippen LogP contribution in [0.1, 0.15) is 5.56 Å². The first-order chi connectivity index (χ1) is 6.40. The summed E-state index contributed by atoms with van der Waals surface area (Å²) in [5.74, 6) is 0. The van der Waals surface area contributed by atoms with Crippen LogP contribution < -0.4 is 0 Å². The van der Waals surface area contributed by atoms with Crippen LogP contribution in [0.4, 0.5) is 0 Å². The van der Waals surface area contributed by atoms with E-state index in [1.54, 1.807) is 17.2 Å². The first-order valence-corrected chi connectivity index (χ1v) is 5.04. The number of halogens is 1. The van der Waals surface area contributed by atoms with Crippen molar-refractivity contribution in [3.05, 3.63) is 42.2 Å². The molecule has 0 fully saturated rings. The number of nitrogens with zero attached hydrogens (tertiary/aromatic N) is 3. The first-order valence-electron chi connectivity index (χ1n) is 3.92. The van der Waals surface area contributed by atoms with E-state index in [2.05, 4.69) is 26.1 Å². The van der Waals surface area contributed by atoms with Gasteiger partial charge in [-0.25, -0.2) is 0 Å². The zero-order valence-corrected chi connectivity index (χ0v) is 8.48. The van der Waals surface area contributed by atoms with Gasteiger partial charge < -0.3 is 0 Å². The number of hydrogen-bond donors (Lipinski definition) is 0. The smallest absolute Gasteiger partial charge is 0.0856 e. The van der Waals surface area contributed by atoms with Crippen LogP contribution in [0.3, 0.4) is 0 Å². The van der Waals surface area contributed by atoms with E-state index in [1.807, 2.05) is 24.3 Å². The Kier molecular flexibility index (Phi) is 2.40. The van der Waals surface area contributed by atoms with E-state index in [4.69, 9.17) is 0 Å². The molecule has 0 N–H and O–H groups in total. The molecule has 1 aromatic heterocycles. The highest BCUT2D eigenvalue weighted by molar-refractivity contribution is 9.08. The van der Waals surface area contributed by atoms with Crippen LogP contribution in [0.5, 0.6) is 0 Å².